The van der Waals surface area contributed by atoms with E-state index >= 15 is 0 Å². The third kappa shape index (κ3) is 3.78. The summed E-state index contributed by atoms with van der Waals surface area (Å²) in [6.45, 7) is 1.21. The predicted octanol–water partition coefficient (Wildman–Crippen LogP) is 2.86. The third-order valence-electron chi connectivity index (χ3n) is 5.60. The van der Waals surface area contributed by atoms with Crippen LogP contribution in [0.25, 0.3) is 11.0 Å². The molecule has 162 valence electrons. The maximum Gasteiger partial charge on any atom is 0.323 e. The molecule has 0 saturated carbocycles. The molecule has 1 aliphatic heterocycles. The molecule has 0 atom stereocenters. The van der Waals surface area contributed by atoms with Crippen molar-refractivity contribution in [3.8, 4) is 0 Å². The first-order valence-electron chi connectivity index (χ1n) is 10.1. The van der Waals surface area contributed by atoms with Crippen LogP contribution in [0.4, 0.5) is 5.69 Å². The van der Waals surface area contributed by atoms with Crippen molar-refractivity contribution in [1.82, 2.24) is 14.9 Å². The van der Waals surface area contributed by atoms with Crippen molar-refractivity contribution in [3.05, 3.63) is 93.9 Å². The fourth-order valence-corrected chi connectivity index (χ4v) is 5.01. The normalized spacial score (nSPS) is 13.7. The van der Waals surface area contributed by atoms with Gasteiger partial charge in [-0.3, -0.25) is 9.52 Å². The lowest BCUT2D eigenvalue weighted by molar-refractivity contribution is 0.0734. The van der Waals surface area contributed by atoms with Crippen LogP contribution in [0.5, 0.6) is 0 Å². The Hall–Kier alpha value is -3.85. The molecule has 9 heteroatoms. The van der Waals surface area contributed by atoms with Crippen LogP contribution in [0.1, 0.15) is 21.5 Å². The second kappa shape index (κ2) is 7.69. The van der Waals surface area contributed by atoms with Gasteiger partial charge in [0.05, 0.1) is 15.9 Å². The highest BCUT2D eigenvalue weighted by molar-refractivity contribution is 7.92. The van der Waals surface area contributed by atoms with Gasteiger partial charge in [-0.15, -0.1) is 0 Å². The molecule has 2 heterocycles. The number of fused-ring (bicyclic) bond motifs is 2. The van der Waals surface area contributed by atoms with E-state index in [0.717, 1.165) is 12.0 Å². The maximum absolute atomic E-state index is 12.9. The SMILES string of the molecule is O=C(c1ccc(NS(=O)(=O)c2ccc3[nH]c(=O)[nH]c3c2)cc1)N1CCc2ccccc2C1. The number of benzene rings is 3. The van der Waals surface area contributed by atoms with Gasteiger partial charge in [0, 0.05) is 24.3 Å². The summed E-state index contributed by atoms with van der Waals surface area (Å²) < 4.78 is 28.0. The number of rotatable bonds is 4. The van der Waals surface area contributed by atoms with Crippen molar-refractivity contribution < 1.29 is 13.2 Å². The van der Waals surface area contributed by atoms with Crippen LogP contribution in [0.2, 0.25) is 0 Å². The highest BCUT2D eigenvalue weighted by Crippen LogP contribution is 2.22. The van der Waals surface area contributed by atoms with Gasteiger partial charge in [-0.25, -0.2) is 13.2 Å². The Balaban J connectivity index is 1.32. The first kappa shape index (κ1) is 20.1. The van der Waals surface area contributed by atoms with Crippen LogP contribution in [0.3, 0.4) is 0 Å². The fraction of sp³-hybridized carbons (Fsp3) is 0.130. The van der Waals surface area contributed by atoms with Crippen LogP contribution in [-0.2, 0) is 23.0 Å². The molecule has 32 heavy (non-hydrogen) atoms. The highest BCUT2D eigenvalue weighted by atomic mass is 32.2. The van der Waals surface area contributed by atoms with Gasteiger partial charge in [0.15, 0.2) is 0 Å². The Bertz CT molecular complexity index is 1490. The van der Waals surface area contributed by atoms with Crippen molar-refractivity contribution in [1.29, 1.82) is 0 Å². The number of carbonyl (C=O) groups excluding carboxylic acids is 1. The molecule has 0 unspecified atom stereocenters. The van der Waals surface area contributed by atoms with E-state index in [2.05, 4.69) is 20.8 Å². The van der Waals surface area contributed by atoms with Gasteiger partial charge in [0.25, 0.3) is 15.9 Å². The molecule has 0 spiro atoms. The van der Waals surface area contributed by atoms with E-state index in [1.54, 1.807) is 29.2 Å². The molecule has 3 aromatic carbocycles. The zero-order chi connectivity index (χ0) is 22.3. The van der Waals surface area contributed by atoms with Crippen LogP contribution in [0, 0.1) is 0 Å². The molecule has 1 aromatic heterocycles. The number of aromatic amines is 2. The molecular formula is C23H20N4O4S. The number of amides is 1. The average molecular weight is 449 g/mol. The lowest BCUT2D eigenvalue weighted by Crippen LogP contribution is -2.35. The Morgan fingerprint density at radius 2 is 1.62 bits per heavy atom. The van der Waals surface area contributed by atoms with Crippen LogP contribution in [-0.4, -0.2) is 35.7 Å². The number of sulfonamides is 1. The molecule has 5 rings (SSSR count). The number of hydrogen-bond donors (Lipinski definition) is 3. The number of anilines is 1. The fourth-order valence-electron chi connectivity index (χ4n) is 3.93. The Morgan fingerprint density at radius 3 is 2.41 bits per heavy atom. The van der Waals surface area contributed by atoms with E-state index < -0.39 is 15.7 Å². The van der Waals surface area contributed by atoms with E-state index in [1.165, 1.54) is 23.8 Å². The van der Waals surface area contributed by atoms with E-state index in [-0.39, 0.29) is 10.8 Å². The minimum absolute atomic E-state index is 0.0207. The monoisotopic (exact) mass is 448 g/mol. The van der Waals surface area contributed by atoms with Crippen LogP contribution < -0.4 is 10.4 Å². The highest BCUT2D eigenvalue weighted by Gasteiger charge is 2.22. The maximum atomic E-state index is 12.9. The number of imidazole rings is 1. The second-order valence-electron chi connectivity index (χ2n) is 7.71. The number of aromatic nitrogens is 2. The minimum Gasteiger partial charge on any atom is -0.334 e. The minimum atomic E-state index is -3.86. The summed E-state index contributed by atoms with van der Waals surface area (Å²) >= 11 is 0. The lowest BCUT2D eigenvalue weighted by Gasteiger charge is -2.29. The molecule has 0 fully saturated rings. The summed E-state index contributed by atoms with van der Waals surface area (Å²) in [5.74, 6) is -0.0872. The second-order valence-corrected chi connectivity index (χ2v) is 9.40. The van der Waals surface area contributed by atoms with Crippen molar-refractivity contribution >= 4 is 32.7 Å². The Morgan fingerprint density at radius 1 is 0.906 bits per heavy atom. The molecule has 1 aliphatic rings. The topological polar surface area (TPSA) is 115 Å². The van der Waals surface area contributed by atoms with Crippen molar-refractivity contribution in [2.75, 3.05) is 11.3 Å². The molecule has 0 radical (unpaired) electrons. The number of nitrogens with zero attached hydrogens (tertiary/aromatic N) is 1. The summed E-state index contributed by atoms with van der Waals surface area (Å²) in [5.41, 5.74) is 3.78. The zero-order valence-corrected chi connectivity index (χ0v) is 17.8. The summed E-state index contributed by atoms with van der Waals surface area (Å²) in [4.78, 5) is 31.2. The number of carbonyl (C=O) groups is 1. The summed E-state index contributed by atoms with van der Waals surface area (Å²) in [6.07, 6.45) is 0.816. The first-order valence-corrected chi connectivity index (χ1v) is 11.6. The molecule has 4 aromatic rings. The van der Waals surface area contributed by atoms with Gasteiger partial charge < -0.3 is 14.9 Å². The third-order valence-corrected chi connectivity index (χ3v) is 6.98. The Kier molecular flexibility index (Phi) is 4.82. The van der Waals surface area contributed by atoms with Crippen LogP contribution >= 0.6 is 0 Å². The average Bonchev–Trinajstić information content (AvgIpc) is 3.18. The molecule has 3 N–H and O–H groups in total. The van der Waals surface area contributed by atoms with Gasteiger partial charge in [0.2, 0.25) is 0 Å². The lowest BCUT2D eigenvalue weighted by atomic mass is 9.99. The van der Waals surface area contributed by atoms with Gasteiger partial charge in [-0.2, -0.15) is 0 Å². The number of H-pyrrole nitrogens is 2. The van der Waals surface area contributed by atoms with E-state index in [1.807, 2.05) is 18.2 Å². The summed E-state index contributed by atoms with van der Waals surface area (Å²) in [6, 6.07) is 18.8. The van der Waals surface area contributed by atoms with Crippen molar-refractivity contribution in [3.63, 3.8) is 0 Å². The first-order chi connectivity index (χ1) is 15.4. The predicted molar refractivity (Wildman–Crippen MR) is 121 cm³/mol. The summed E-state index contributed by atoms with van der Waals surface area (Å²) in [7, 11) is -3.86. The molecular weight excluding hydrogens is 428 g/mol. The molecule has 8 nitrogen and oxygen atoms in total. The quantitative estimate of drug-likeness (QED) is 0.445. The van der Waals surface area contributed by atoms with E-state index in [9.17, 15) is 18.0 Å². The van der Waals surface area contributed by atoms with E-state index in [4.69, 9.17) is 0 Å². The van der Waals surface area contributed by atoms with Crippen LogP contribution in [0.15, 0.2) is 76.4 Å². The zero-order valence-electron chi connectivity index (χ0n) is 17.0. The van der Waals surface area contributed by atoms with E-state index in [0.29, 0.717) is 35.4 Å². The number of hydrogen-bond acceptors (Lipinski definition) is 4. The van der Waals surface area contributed by atoms with Gasteiger partial charge in [0.1, 0.15) is 0 Å². The standard InChI is InChI=1S/C23H20N4O4S/c28-22(27-12-11-15-3-1-2-4-17(15)14-27)16-5-7-18(8-6-16)26-32(30,31)19-9-10-20-21(13-19)25-23(29)24-20/h1-10,13,26H,11-12,14H2,(H2,24,25,29). The smallest absolute Gasteiger partial charge is 0.323 e. The number of nitrogens with one attached hydrogen (secondary N) is 3. The largest absolute Gasteiger partial charge is 0.334 e. The van der Waals surface area contributed by atoms with Gasteiger partial charge >= 0.3 is 5.69 Å². The Labute approximate surface area is 184 Å². The molecule has 0 aliphatic carbocycles. The van der Waals surface area contributed by atoms with Crippen molar-refractivity contribution in [2.45, 2.75) is 17.9 Å². The molecule has 0 bridgehead atoms. The van der Waals surface area contributed by atoms with Crippen molar-refractivity contribution in [2.24, 2.45) is 0 Å². The van der Waals surface area contributed by atoms with Gasteiger partial charge in [-0.1, -0.05) is 24.3 Å². The molecule has 1 amide bonds. The van der Waals surface area contributed by atoms with Gasteiger partial charge in [-0.05, 0) is 60.0 Å². The molecule has 0 saturated heterocycles. The summed E-state index contributed by atoms with van der Waals surface area (Å²) in [5, 5.41) is 0.